The topological polar surface area (TPSA) is 131 Å². The Morgan fingerprint density at radius 3 is 2.61 bits per heavy atom. The first-order valence-corrected chi connectivity index (χ1v) is 8.82. The Labute approximate surface area is 162 Å². The SMILES string of the molecule is COc1nc(N)c2c(n1)CCN(c1ccc(C(C)(C)CNC(=O)O)cc1)C2=O. The van der Waals surface area contributed by atoms with Crippen molar-refractivity contribution in [3.63, 3.8) is 0 Å². The van der Waals surface area contributed by atoms with Crippen LogP contribution >= 0.6 is 0 Å². The molecule has 2 amide bonds. The van der Waals surface area contributed by atoms with Crippen molar-refractivity contribution < 1.29 is 19.4 Å². The molecule has 1 aliphatic heterocycles. The van der Waals surface area contributed by atoms with E-state index in [2.05, 4.69) is 15.3 Å². The van der Waals surface area contributed by atoms with E-state index in [9.17, 15) is 9.59 Å². The van der Waals surface area contributed by atoms with Crippen molar-refractivity contribution in [2.45, 2.75) is 25.7 Å². The number of nitrogens with zero attached hydrogens (tertiary/aromatic N) is 3. The molecule has 2 aromatic rings. The second-order valence-corrected chi connectivity index (χ2v) is 7.21. The third-order valence-corrected chi connectivity index (χ3v) is 4.85. The lowest BCUT2D eigenvalue weighted by atomic mass is 9.84. The Morgan fingerprint density at radius 1 is 1.32 bits per heavy atom. The van der Waals surface area contributed by atoms with Crippen LogP contribution in [0.3, 0.4) is 0 Å². The number of ether oxygens (including phenoxy) is 1. The van der Waals surface area contributed by atoms with Crippen LogP contribution in [0.15, 0.2) is 24.3 Å². The first-order chi connectivity index (χ1) is 13.2. The molecule has 1 aromatic heterocycles. The normalized spacial score (nSPS) is 13.8. The second kappa shape index (κ2) is 7.34. The molecule has 2 heterocycles. The lowest BCUT2D eigenvalue weighted by Gasteiger charge is -2.30. The molecule has 4 N–H and O–H groups in total. The molecule has 1 aromatic carbocycles. The standard InChI is InChI=1S/C19H23N5O4/c1-19(2,10-21-18(26)27)11-4-6-12(7-5-11)24-9-8-13-14(16(24)25)15(20)23-17(22-13)28-3/h4-7,21H,8-10H2,1-3H3,(H,26,27)(H2,20,22,23). The number of anilines is 2. The Kier molecular flexibility index (Phi) is 5.08. The first-order valence-electron chi connectivity index (χ1n) is 8.82. The Bertz CT molecular complexity index is 911. The number of carboxylic acid groups (broad SMARTS) is 1. The van der Waals surface area contributed by atoms with Crippen molar-refractivity contribution in [1.29, 1.82) is 0 Å². The summed E-state index contributed by atoms with van der Waals surface area (Å²) in [5.41, 5.74) is 8.16. The average molecular weight is 385 g/mol. The van der Waals surface area contributed by atoms with E-state index in [1.807, 2.05) is 38.1 Å². The Hall–Kier alpha value is -3.36. The summed E-state index contributed by atoms with van der Waals surface area (Å²) in [6, 6.07) is 7.65. The highest BCUT2D eigenvalue weighted by Gasteiger charge is 2.30. The van der Waals surface area contributed by atoms with E-state index < -0.39 is 6.09 Å². The minimum atomic E-state index is -1.06. The second-order valence-electron chi connectivity index (χ2n) is 7.21. The molecule has 148 valence electrons. The molecule has 0 fully saturated rings. The van der Waals surface area contributed by atoms with Crippen LogP contribution in [0.1, 0.15) is 35.5 Å². The van der Waals surface area contributed by atoms with E-state index in [0.717, 1.165) is 11.3 Å². The van der Waals surface area contributed by atoms with E-state index in [1.54, 1.807) is 4.90 Å². The molecule has 0 saturated heterocycles. The van der Waals surface area contributed by atoms with Gasteiger partial charge in [0.05, 0.1) is 12.8 Å². The van der Waals surface area contributed by atoms with Gasteiger partial charge in [-0.2, -0.15) is 9.97 Å². The number of carbonyl (C=O) groups is 2. The van der Waals surface area contributed by atoms with Gasteiger partial charge in [0.2, 0.25) is 0 Å². The molecule has 0 saturated carbocycles. The summed E-state index contributed by atoms with van der Waals surface area (Å²) in [6.45, 7) is 4.65. The highest BCUT2D eigenvalue weighted by atomic mass is 16.5. The van der Waals surface area contributed by atoms with Gasteiger partial charge in [-0.3, -0.25) is 4.79 Å². The minimum absolute atomic E-state index is 0.106. The van der Waals surface area contributed by atoms with Crippen LogP contribution in [0.4, 0.5) is 16.3 Å². The molecule has 0 aliphatic carbocycles. The predicted molar refractivity (Wildman–Crippen MR) is 104 cm³/mol. The van der Waals surface area contributed by atoms with Gasteiger partial charge in [0.15, 0.2) is 0 Å². The maximum absolute atomic E-state index is 12.9. The number of hydrogen-bond donors (Lipinski definition) is 3. The Morgan fingerprint density at radius 2 is 2.00 bits per heavy atom. The van der Waals surface area contributed by atoms with Crippen LogP contribution < -0.4 is 20.7 Å². The number of fused-ring (bicyclic) bond motifs is 1. The lowest BCUT2D eigenvalue weighted by molar-refractivity contribution is 0.0980. The molecule has 3 rings (SSSR count). The number of nitrogen functional groups attached to an aromatic ring is 1. The number of nitrogens with one attached hydrogen (secondary N) is 1. The molecule has 1 aliphatic rings. The van der Waals surface area contributed by atoms with Crippen molar-refractivity contribution in [1.82, 2.24) is 15.3 Å². The Balaban J connectivity index is 1.83. The zero-order valence-electron chi connectivity index (χ0n) is 16.0. The number of aromatic nitrogens is 2. The van der Waals surface area contributed by atoms with Crippen LogP contribution in [-0.4, -0.2) is 47.3 Å². The summed E-state index contributed by atoms with van der Waals surface area (Å²) in [5, 5.41) is 11.2. The van der Waals surface area contributed by atoms with E-state index in [-0.39, 0.29) is 29.7 Å². The highest BCUT2D eigenvalue weighted by molar-refractivity contribution is 6.10. The van der Waals surface area contributed by atoms with Gasteiger partial charge in [-0.15, -0.1) is 0 Å². The number of nitrogens with two attached hydrogens (primary N) is 1. The predicted octanol–water partition coefficient (Wildman–Crippen LogP) is 1.82. The number of rotatable bonds is 5. The van der Waals surface area contributed by atoms with Crippen LogP contribution in [-0.2, 0) is 11.8 Å². The smallest absolute Gasteiger partial charge is 0.404 e. The maximum Gasteiger partial charge on any atom is 0.404 e. The van der Waals surface area contributed by atoms with Gasteiger partial charge in [0, 0.05) is 30.6 Å². The van der Waals surface area contributed by atoms with Gasteiger partial charge in [-0.05, 0) is 17.7 Å². The van der Waals surface area contributed by atoms with Gasteiger partial charge in [0.1, 0.15) is 11.4 Å². The van der Waals surface area contributed by atoms with Gasteiger partial charge >= 0.3 is 12.1 Å². The van der Waals surface area contributed by atoms with Crippen LogP contribution in [0.25, 0.3) is 0 Å². The highest BCUT2D eigenvalue weighted by Crippen LogP contribution is 2.30. The van der Waals surface area contributed by atoms with Crippen LogP contribution in [0.2, 0.25) is 0 Å². The molecule has 9 nitrogen and oxygen atoms in total. The quantitative estimate of drug-likeness (QED) is 0.715. The molecule has 0 unspecified atom stereocenters. The molecule has 0 spiro atoms. The molecular weight excluding hydrogens is 362 g/mol. The van der Waals surface area contributed by atoms with Gasteiger partial charge in [-0.25, -0.2) is 4.79 Å². The summed E-state index contributed by atoms with van der Waals surface area (Å²) < 4.78 is 5.02. The summed E-state index contributed by atoms with van der Waals surface area (Å²) in [7, 11) is 1.45. The van der Waals surface area contributed by atoms with E-state index in [1.165, 1.54) is 7.11 Å². The zero-order chi connectivity index (χ0) is 20.5. The number of carbonyl (C=O) groups excluding carboxylic acids is 1. The van der Waals surface area contributed by atoms with Crippen LogP contribution in [0, 0.1) is 0 Å². The fourth-order valence-corrected chi connectivity index (χ4v) is 3.20. The van der Waals surface area contributed by atoms with Crippen molar-refractivity contribution in [2.75, 3.05) is 30.8 Å². The van der Waals surface area contributed by atoms with Crippen molar-refractivity contribution in [2.24, 2.45) is 0 Å². The molecule has 9 heteroatoms. The van der Waals surface area contributed by atoms with Crippen molar-refractivity contribution in [3.05, 3.63) is 41.1 Å². The summed E-state index contributed by atoms with van der Waals surface area (Å²) >= 11 is 0. The third-order valence-electron chi connectivity index (χ3n) is 4.85. The average Bonchev–Trinajstić information content (AvgIpc) is 2.66. The van der Waals surface area contributed by atoms with Gasteiger partial charge in [0.25, 0.3) is 5.91 Å². The van der Waals surface area contributed by atoms with E-state index in [4.69, 9.17) is 15.6 Å². The lowest BCUT2D eigenvalue weighted by Crippen LogP contribution is -2.39. The maximum atomic E-state index is 12.9. The van der Waals surface area contributed by atoms with Gasteiger partial charge in [-0.1, -0.05) is 26.0 Å². The van der Waals surface area contributed by atoms with Crippen LogP contribution in [0.5, 0.6) is 6.01 Å². The number of amides is 2. The zero-order valence-corrected chi connectivity index (χ0v) is 16.0. The van der Waals surface area contributed by atoms with Gasteiger partial charge < -0.3 is 25.8 Å². The molecule has 0 bridgehead atoms. The first kappa shape index (κ1) is 19.4. The van der Waals surface area contributed by atoms with E-state index >= 15 is 0 Å². The number of methoxy groups -OCH3 is 1. The number of hydrogen-bond acceptors (Lipinski definition) is 6. The molecule has 0 atom stereocenters. The monoisotopic (exact) mass is 385 g/mol. The summed E-state index contributed by atoms with van der Waals surface area (Å²) in [5.74, 6) is -0.144. The molecule has 28 heavy (non-hydrogen) atoms. The summed E-state index contributed by atoms with van der Waals surface area (Å²) in [6.07, 6.45) is -0.515. The minimum Gasteiger partial charge on any atom is -0.467 e. The summed E-state index contributed by atoms with van der Waals surface area (Å²) in [4.78, 5) is 33.6. The van der Waals surface area contributed by atoms with Crippen molar-refractivity contribution >= 4 is 23.5 Å². The fraction of sp³-hybridized carbons (Fsp3) is 0.368. The fourth-order valence-electron chi connectivity index (χ4n) is 3.20. The third kappa shape index (κ3) is 3.68. The largest absolute Gasteiger partial charge is 0.467 e. The molecule has 0 radical (unpaired) electrons. The number of benzene rings is 1. The van der Waals surface area contributed by atoms with E-state index in [0.29, 0.717) is 24.2 Å². The van der Waals surface area contributed by atoms with Crippen molar-refractivity contribution in [3.8, 4) is 6.01 Å². The molecular formula is C19H23N5O4.